The molecular weight excluding hydrogens is 348 g/mol. The van der Waals surface area contributed by atoms with Crippen molar-refractivity contribution < 1.29 is 18.7 Å². The summed E-state index contributed by atoms with van der Waals surface area (Å²) < 4.78 is 10.7. The number of carbonyl (C=O) groups excluding carboxylic acids is 1. The van der Waals surface area contributed by atoms with Crippen LogP contribution < -0.4 is 16.0 Å². The number of amides is 1. The molecule has 0 aliphatic carbocycles. The fourth-order valence-corrected chi connectivity index (χ4v) is 2.66. The molecule has 4 N–H and O–H groups in total. The Bertz CT molecular complexity index is 763. The van der Waals surface area contributed by atoms with Gasteiger partial charge in [0.25, 0.3) is 0 Å². The van der Waals surface area contributed by atoms with Crippen LogP contribution in [0.1, 0.15) is 36.7 Å². The van der Waals surface area contributed by atoms with Crippen molar-refractivity contribution in [3.8, 4) is 0 Å². The summed E-state index contributed by atoms with van der Waals surface area (Å²) in [5, 5.41) is 19.6. The second-order valence-electron chi connectivity index (χ2n) is 6.51. The van der Waals surface area contributed by atoms with Crippen LogP contribution in [0.4, 0.5) is 0 Å². The number of aliphatic hydroxyl groups is 1. The van der Waals surface area contributed by atoms with Gasteiger partial charge in [-0.25, -0.2) is 4.99 Å². The summed E-state index contributed by atoms with van der Waals surface area (Å²) in [6.07, 6.45) is 1.56. The summed E-state index contributed by atoms with van der Waals surface area (Å²) in [5.74, 6) is 2.33. The Morgan fingerprint density at radius 3 is 2.67 bits per heavy atom. The van der Waals surface area contributed by atoms with Gasteiger partial charge in [0.2, 0.25) is 5.91 Å². The summed E-state index contributed by atoms with van der Waals surface area (Å²) in [6.45, 7) is 8.42. The van der Waals surface area contributed by atoms with E-state index in [0.29, 0.717) is 30.6 Å². The second kappa shape index (κ2) is 9.27. The van der Waals surface area contributed by atoms with Crippen LogP contribution in [0.5, 0.6) is 0 Å². The number of furan rings is 2. The zero-order chi connectivity index (χ0) is 19.9. The molecule has 148 valence electrons. The van der Waals surface area contributed by atoms with Crippen molar-refractivity contribution in [1.29, 1.82) is 0 Å². The summed E-state index contributed by atoms with van der Waals surface area (Å²) in [6, 6.07) is 5.38. The van der Waals surface area contributed by atoms with Crippen molar-refractivity contribution in [2.45, 2.75) is 39.8 Å². The number of carbonyl (C=O) groups is 1. The Morgan fingerprint density at radius 1 is 1.30 bits per heavy atom. The third-order valence-corrected chi connectivity index (χ3v) is 3.99. The molecule has 0 spiro atoms. The van der Waals surface area contributed by atoms with E-state index in [4.69, 9.17) is 8.83 Å². The fourth-order valence-electron chi connectivity index (χ4n) is 2.66. The Morgan fingerprint density at radius 2 is 2.07 bits per heavy atom. The van der Waals surface area contributed by atoms with E-state index >= 15 is 0 Å². The molecule has 0 aliphatic rings. The number of aryl methyl sites for hydroxylation is 2. The average Bonchev–Trinajstić information content (AvgIpc) is 3.25. The molecule has 1 atom stereocenters. The van der Waals surface area contributed by atoms with Gasteiger partial charge < -0.3 is 29.9 Å². The highest BCUT2D eigenvalue weighted by Gasteiger charge is 2.27. The van der Waals surface area contributed by atoms with Crippen LogP contribution >= 0.6 is 0 Å². The molecule has 0 saturated carbocycles. The van der Waals surface area contributed by atoms with Gasteiger partial charge >= 0.3 is 0 Å². The highest BCUT2D eigenvalue weighted by atomic mass is 16.3. The quantitative estimate of drug-likeness (QED) is 0.411. The van der Waals surface area contributed by atoms with Crippen LogP contribution in [0.3, 0.4) is 0 Å². The fraction of sp³-hybridized carbons (Fsp3) is 0.474. The first-order valence-corrected chi connectivity index (χ1v) is 8.93. The first-order chi connectivity index (χ1) is 12.8. The average molecular weight is 376 g/mol. The van der Waals surface area contributed by atoms with Crippen molar-refractivity contribution in [1.82, 2.24) is 16.0 Å². The van der Waals surface area contributed by atoms with Gasteiger partial charge in [-0.15, -0.1) is 0 Å². The van der Waals surface area contributed by atoms with Crippen molar-refractivity contribution in [2.24, 2.45) is 4.99 Å². The van der Waals surface area contributed by atoms with E-state index in [1.807, 2.05) is 26.8 Å². The van der Waals surface area contributed by atoms with Gasteiger partial charge in [0.05, 0.1) is 19.4 Å². The van der Waals surface area contributed by atoms with Gasteiger partial charge in [-0.05, 0) is 45.9 Å². The van der Waals surface area contributed by atoms with Gasteiger partial charge in [-0.2, -0.15) is 0 Å². The number of nitrogens with one attached hydrogen (secondary N) is 3. The Hall–Kier alpha value is -2.74. The number of guanidine groups is 1. The minimum Gasteiger partial charge on any atom is -0.467 e. The zero-order valence-corrected chi connectivity index (χ0v) is 16.3. The SMILES string of the molecule is CCNC(=NCC(=O)NCc1ccco1)NCC(C)(O)c1cc(C)oc1C. The van der Waals surface area contributed by atoms with Crippen LogP contribution in [0, 0.1) is 13.8 Å². The van der Waals surface area contributed by atoms with Gasteiger partial charge in [-0.1, -0.05) is 0 Å². The number of rotatable bonds is 8. The van der Waals surface area contributed by atoms with E-state index < -0.39 is 5.60 Å². The molecule has 0 saturated heterocycles. The Balaban J connectivity index is 1.90. The van der Waals surface area contributed by atoms with Crippen LogP contribution in [-0.4, -0.2) is 36.6 Å². The number of hydrogen-bond donors (Lipinski definition) is 4. The molecular formula is C19H28N4O4. The minimum absolute atomic E-state index is 0.0397. The van der Waals surface area contributed by atoms with Gasteiger partial charge in [0.1, 0.15) is 29.4 Å². The molecule has 0 aromatic carbocycles. The summed E-state index contributed by atoms with van der Waals surface area (Å²) >= 11 is 0. The maximum absolute atomic E-state index is 11.9. The molecule has 1 unspecified atom stereocenters. The summed E-state index contributed by atoms with van der Waals surface area (Å²) in [4.78, 5) is 16.2. The molecule has 8 nitrogen and oxygen atoms in total. The molecule has 0 aliphatic heterocycles. The highest BCUT2D eigenvalue weighted by Crippen LogP contribution is 2.26. The van der Waals surface area contributed by atoms with Gasteiger partial charge in [0, 0.05) is 12.1 Å². The maximum atomic E-state index is 11.9. The van der Waals surface area contributed by atoms with Gasteiger partial charge in [-0.3, -0.25) is 4.79 Å². The zero-order valence-electron chi connectivity index (χ0n) is 16.3. The molecule has 2 aromatic heterocycles. The van der Waals surface area contributed by atoms with E-state index in [1.54, 1.807) is 25.3 Å². The lowest BCUT2D eigenvalue weighted by atomic mass is 9.96. The molecule has 2 rings (SSSR count). The smallest absolute Gasteiger partial charge is 0.242 e. The van der Waals surface area contributed by atoms with E-state index in [0.717, 1.165) is 11.3 Å². The maximum Gasteiger partial charge on any atom is 0.242 e. The summed E-state index contributed by atoms with van der Waals surface area (Å²) in [5.41, 5.74) is -0.418. The van der Waals surface area contributed by atoms with Crippen LogP contribution in [0.15, 0.2) is 38.3 Å². The van der Waals surface area contributed by atoms with E-state index in [-0.39, 0.29) is 19.0 Å². The van der Waals surface area contributed by atoms with Crippen LogP contribution in [-0.2, 0) is 16.9 Å². The molecule has 2 aromatic rings. The Kier molecular flexibility index (Phi) is 7.06. The number of aliphatic imine (C=N–C) groups is 1. The lowest BCUT2D eigenvalue weighted by molar-refractivity contribution is -0.119. The molecule has 2 heterocycles. The molecule has 0 bridgehead atoms. The van der Waals surface area contributed by atoms with Crippen molar-refractivity contribution >= 4 is 11.9 Å². The van der Waals surface area contributed by atoms with Gasteiger partial charge in [0.15, 0.2) is 5.96 Å². The standard InChI is InChI=1S/C19H28N4O4/c1-5-20-18(22-11-17(24)21-10-15-7-6-8-26-15)23-12-19(4,25)16-9-13(2)27-14(16)3/h6-9,25H,5,10-12H2,1-4H3,(H,21,24)(H2,20,22,23). The van der Waals surface area contributed by atoms with E-state index in [2.05, 4.69) is 20.9 Å². The van der Waals surface area contributed by atoms with Crippen molar-refractivity contribution in [3.63, 3.8) is 0 Å². The first-order valence-electron chi connectivity index (χ1n) is 8.93. The number of hydrogen-bond acceptors (Lipinski definition) is 5. The van der Waals surface area contributed by atoms with Crippen molar-refractivity contribution in [2.75, 3.05) is 19.6 Å². The number of nitrogens with zero attached hydrogens (tertiary/aromatic N) is 1. The van der Waals surface area contributed by atoms with E-state index in [1.165, 1.54) is 0 Å². The molecule has 1 amide bonds. The molecule has 27 heavy (non-hydrogen) atoms. The predicted octanol–water partition coefficient (Wildman–Crippen LogP) is 1.57. The normalized spacial score (nSPS) is 13.9. The highest BCUT2D eigenvalue weighted by molar-refractivity contribution is 5.84. The third kappa shape index (κ3) is 6.18. The lowest BCUT2D eigenvalue weighted by Crippen LogP contribution is -2.45. The Labute approximate surface area is 159 Å². The largest absolute Gasteiger partial charge is 0.467 e. The molecule has 0 radical (unpaired) electrons. The van der Waals surface area contributed by atoms with Crippen LogP contribution in [0.2, 0.25) is 0 Å². The van der Waals surface area contributed by atoms with E-state index in [9.17, 15) is 9.90 Å². The lowest BCUT2D eigenvalue weighted by Gasteiger charge is -2.24. The van der Waals surface area contributed by atoms with Crippen molar-refractivity contribution in [3.05, 3.63) is 47.3 Å². The molecule has 0 fully saturated rings. The third-order valence-electron chi connectivity index (χ3n) is 3.99. The monoisotopic (exact) mass is 376 g/mol. The predicted molar refractivity (Wildman–Crippen MR) is 102 cm³/mol. The topological polar surface area (TPSA) is 112 Å². The first kappa shape index (κ1) is 20.6. The minimum atomic E-state index is -1.14. The second-order valence-corrected chi connectivity index (χ2v) is 6.51. The molecule has 8 heteroatoms. The summed E-state index contributed by atoms with van der Waals surface area (Å²) in [7, 11) is 0. The van der Waals surface area contributed by atoms with Crippen LogP contribution in [0.25, 0.3) is 0 Å².